The fraction of sp³-hybridized carbons (Fsp3) is 0.318. The Bertz CT molecular complexity index is 996. The molecule has 1 fully saturated rings. The van der Waals surface area contributed by atoms with Crippen LogP contribution in [0.15, 0.2) is 47.1 Å². The predicted molar refractivity (Wildman–Crippen MR) is 115 cm³/mol. The van der Waals surface area contributed by atoms with E-state index in [0.29, 0.717) is 22.7 Å². The highest BCUT2D eigenvalue weighted by molar-refractivity contribution is 7.97. The van der Waals surface area contributed by atoms with E-state index >= 15 is 0 Å². The summed E-state index contributed by atoms with van der Waals surface area (Å²) in [5.74, 6) is 0.534. The van der Waals surface area contributed by atoms with Gasteiger partial charge in [-0.1, -0.05) is 30.9 Å². The van der Waals surface area contributed by atoms with Crippen LogP contribution >= 0.6 is 11.9 Å². The quantitative estimate of drug-likeness (QED) is 0.727. The van der Waals surface area contributed by atoms with Crippen molar-refractivity contribution in [2.75, 3.05) is 31.1 Å². The van der Waals surface area contributed by atoms with Crippen molar-refractivity contribution in [1.82, 2.24) is 8.87 Å². The van der Waals surface area contributed by atoms with Crippen LogP contribution in [0.5, 0.6) is 0 Å². The van der Waals surface area contributed by atoms with Crippen molar-refractivity contribution in [1.29, 1.82) is 5.26 Å². The minimum atomic E-state index is -0.322. The molecule has 0 radical (unpaired) electrons. The Morgan fingerprint density at radius 3 is 2.50 bits per heavy atom. The van der Waals surface area contributed by atoms with Crippen molar-refractivity contribution in [3.8, 4) is 6.07 Å². The van der Waals surface area contributed by atoms with Gasteiger partial charge in [-0.05, 0) is 44.0 Å². The molecule has 0 N–H and O–H groups in total. The van der Waals surface area contributed by atoms with Gasteiger partial charge in [-0.2, -0.15) is 5.26 Å². The topological polar surface area (TPSA) is 35.2 Å². The Balaban J connectivity index is 1.87. The lowest BCUT2D eigenvalue weighted by Crippen LogP contribution is -2.44. The van der Waals surface area contributed by atoms with Gasteiger partial charge in [0.1, 0.15) is 23.3 Å². The first-order valence-electron chi connectivity index (χ1n) is 9.47. The highest BCUT2D eigenvalue weighted by Gasteiger charge is 2.24. The molecule has 3 rings (SSSR count). The third-order valence-electron chi connectivity index (χ3n) is 4.88. The molecular weight excluding hydrogens is 371 g/mol. The first-order valence-corrected chi connectivity index (χ1v) is 10.2. The van der Waals surface area contributed by atoms with Crippen LogP contribution in [0.25, 0.3) is 12.7 Å². The zero-order valence-electron chi connectivity index (χ0n) is 16.4. The smallest absolute Gasteiger partial charge is 0.127 e. The summed E-state index contributed by atoms with van der Waals surface area (Å²) in [4.78, 5) is 3.45. The Kier molecular flexibility index (Phi) is 6.61. The summed E-state index contributed by atoms with van der Waals surface area (Å²) in [5.41, 5.74) is 0.543. The summed E-state index contributed by atoms with van der Waals surface area (Å²) >= 11 is 1.76. The molecule has 1 aromatic heterocycles. The average molecular weight is 397 g/mol. The molecule has 0 saturated carbocycles. The maximum atomic E-state index is 13.9. The van der Waals surface area contributed by atoms with Crippen LogP contribution in [0, 0.1) is 11.3 Å². The summed E-state index contributed by atoms with van der Waals surface area (Å²) in [5, 5.41) is 11.0. The summed E-state index contributed by atoms with van der Waals surface area (Å²) in [7, 11) is 0. The lowest BCUT2D eigenvalue weighted by Gasteiger charge is -2.35. The van der Waals surface area contributed by atoms with E-state index in [4.69, 9.17) is 0 Å². The Labute approximate surface area is 170 Å². The molecule has 2 heterocycles. The van der Waals surface area contributed by atoms with Crippen LogP contribution < -0.4 is 15.5 Å². The Morgan fingerprint density at radius 2 is 1.93 bits per heavy atom. The first kappa shape index (κ1) is 20.2. The van der Waals surface area contributed by atoms with Crippen LogP contribution in [0.3, 0.4) is 0 Å². The van der Waals surface area contributed by atoms with Crippen LogP contribution in [0.4, 0.5) is 10.2 Å². The monoisotopic (exact) mass is 396 g/mol. The molecule has 6 heteroatoms. The van der Waals surface area contributed by atoms with E-state index < -0.39 is 0 Å². The van der Waals surface area contributed by atoms with Gasteiger partial charge in [-0.25, -0.2) is 8.70 Å². The Hall–Kier alpha value is -2.49. The number of anilines is 1. The highest BCUT2D eigenvalue weighted by atomic mass is 32.2. The van der Waals surface area contributed by atoms with Gasteiger partial charge >= 0.3 is 0 Å². The molecule has 0 spiro atoms. The lowest BCUT2D eigenvalue weighted by atomic mass is 10.2. The van der Waals surface area contributed by atoms with Crippen LogP contribution in [0.2, 0.25) is 0 Å². The van der Waals surface area contributed by atoms with Crippen LogP contribution in [-0.2, 0) is 6.54 Å². The second-order valence-electron chi connectivity index (χ2n) is 6.56. The third-order valence-corrected chi connectivity index (χ3v) is 5.98. The van der Waals surface area contributed by atoms with Gasteiger partial charge in [0.15, 0.2) is 0 Å². The van der Waals surface area contributed by atoms with Gasteiger partial charge in [-0.15, -0.1) is 0 Å². The lowest BCUT2D eigenvalue weighted by molar-refractivity contribution is 0.425. The number of hydrogen-bond acceptors (Lipinski definition) is 4. The number of aromatic nitrogens is 1. The summed E-state index contributed by atoms with van der Waals surface area (Å²) in [6, 6.07) is 12.6. The van der Waals surface area contributed by atoms with Crippen molar-refractivity contribution in [3.63, 3.8) is 0 Å². The molecule has 1 aliphatic rings. The molecule has 0 atom stereocenters. The fourth-order valence-corrected chi connectivity index (χ4v) is 4.36. The molecule has 4 nitrogen and oxygen atoms in total. The van der Waals surface area contributed by atoms with E-state index in [1.165, 1.54) is 17.0 Å². The van der Waals surface area contributed by atoms with Crippen molar-refractivity contribution < 1.29 is 4.39 Å². The van der Waals surface area contributed by atoms with E-state index in [1.807, 2.05) is 29.7 Å². The highest BCUT2D eigenvalue weighted by Crippen LogP contribution is 2.26. The molecule has 1 saturated heterocycles. The van der Waals surface area contributed by atoms with Gasteiger partial charge in [0.25, 0.3) is 0 Å². The number of piperazine rings is 1. The number of rotatable bonds is 5. The first-order chi connectivity index (χ1) is 13.6. The van der Waals surface area contributed by atoms with Crippen LogP contribution in [0.1, 0.15) is 19.4 Å². The molecule has 146 valence electrons. The van der Waals surface area contributed by atoms with Gasteiger partial charge in [0.05, 0.1) is 5.35 Å². The number of hydrogen-bond donors (Lipinski definition) is 0. The SMILES string of the molecule is C=c1c(C#N)c(N2CCN(Sc3ccccc3)CC2)n(CC)/c1=C/C(F)=C\C. The fourth-order valence-electron chi connectivity index (χ4n) is 3.44. The molecule has 1 aromatic carbocycles. The van der Waals surface area contributed by atoms with E-state index in [2.05, 4.69) is 34.0 Å². The molecule has 2 aromatic rings. The van der Waals surface area contributed by atoms with Crippen molar-refractivity contribution in [3.05, 3.63) is 58.4 Å². The predicted octanol–water partition coefficient (Wildman–Crippen LogP) is 3.27. The molecule has 0 amide bonds. The molecule has 0 aliphatic carbocycles. The number of allylic oxidation sites excluding steroid dienone is 2. The maximum absolute atomic E-state index is 13.9. The molecular formula is C22H25FN4S. The van der Waals surface area contributed by atoms with E-state index in [1.54, 1.807) is 18.9 Å². The van der Waals surface area contributed by atoms with Gasteiger partial charge in [0, 0.05) is 42.8 Å². The maximum Gasteiger partial charge on any atom is 0.127 e. The average Bonchev–Trinajstić information content (AvgIpc) is 3.00. The summed E-state index contributed by atoms with van der Waals surface area (Å²) < 4.78 is 18.3. The third kappa shape index (κ3) is 4.16. The van der Waals surface area contributed by atoms with Crippen molar-refractivity contribution in [2.45, 2.75) is 25.3 Å². The van der Waals surface area contributed by atoms with E-state index in [0.717, 1.165) is 32.0 Å². The number of nitriles is 1. The molecule has 28 heavy (non-hydrogen) atoms. The molecule has 1 aliphatic heterocycles. The van der Waals surface area contributed by atoms with Gasteiger partial charge in [-0.3, -0.25) is 0 Å². The standard InChI is InChI=1S/C22H25FN4S/c1-4-18(23)15-21-17(3)20(16-24)22(27(21)5-2)25-11-13-26(14-12-25)28-19-9-7-6-8-10-19/h4,6-10,15H,3,5,11-14H2,1-2H3/b18-4+,21-15+. The molecule has 0 bridgehead atoms. The summed E-state index contributed by atoms with van der Waals surface area (Å²) in [6.07, 6.45) is 2.88. The zero-order chi connectivity index (χ0) is 20.1. The molecule has 0 unspecified atom stereocenters. The largest absolute Gasteiger partial charge is 0.354 e. The van der Waals surface area contributed by atoms with E-state index in [-0.39, 0.29) is 5.83 Å². The van der Waals surface area contributed by atoms with Crippen LogP contribution in [-0.4, -0.2) is 35.1 Å². The second-order valence-corrected chi connectivity index (χ2v) is 7.73. The number of benzene rings is 1. The van der Waals surface area contributed by atoms with Crippen molar-refractivity contribution >= 4 is 30.4 Å². The van der Waals surface area contributed by atoms with E-state index in [9.17, 15) is 9.65 Å². The van der Waals surface area contributed by atoms with Gasteiger partial charge < -0.3 is 9.47 Å². The Morgan fingerprint density at radius 1 is 1.25 bits per heavy atom. The summed E-state index contributed by atoms with van der Waals surface area (Å²) in [6.45, 7) is 11.8. The number of halogens is 1. The van der Waals surface area contributed by atoms with Gasteiger partial charge in [0.2, 0.25) is 0 Å². The second kappa shape index (κ2) is 9.13. The zero-order valence-corrected chi connectivity index (χ0v) is 17.2. The minimum absolute atomic E-state index is 0.322. The normalized spacial score (nSPS) is 16.4. The van der Waals surface area contributed by atoms with Crippen molar-refractivity contribution in [2.24, 2.45) is 0 Å². The number of nitrogens with zero attached hydrogens (tertiary/aromatic N) is 4. The minimum Gasteiger partial charge on any atom is -0.354 e.